The molecule has 0 unspecified atom stereocenters. The van der Waals surface area contributed by atoms with Crippen LogP contribution in [-0.4, -0.2) is 27.2 Å². The molecular weight excluding hydrogens is 420 g/mol. The highest BCUT2D eigenvalue weighted by Crippen LogP contribution is 2.25. The Balaban J connectivity index is 1.63. The van der Waals surface area contributed by atoms with E-state index in [4.69, 9.17) is 9.26 Å². The van der Waals surface area contributed by atoms with Crippen molar-refractivity contribution in [3.63, 3.8) is 0 Å². The largest absolute Gasteiger partial charge is 0.492 e. The summed E-state index contributed by atoms with van der Waals surface area (Å²) in [5.41, 5.74) is 2.58. The van der Waals surface area contributed by atoms with Crippen molar-refractivity contribution < 1.29 is 14.1 Å². The second-order valence-corrected chi connectivity index (χ2v) is 7.50. The highest BCUT2D eigenvalue weighted by Gasteiger charge is 2.20. The molecule has 0 fully saturated rings. The fraction of sp³-hybridized carbons (Fsp3) is 0.200. The molecule has 8 heteroatoms. The molecule has 4 rings (SSSR count). The molecule has 0 bridgehead atoms. The van der Waals surface area contributed by atoms with Crippen LogP contribution in [0.15, 0.2) is 70.0 Å². The number of nitrogens with zero attached hydrogens (tertiary/aromatic N) is 3. The van der Waals surface area contributed by atoms with Crippen molar-refractivity contribution in [2.75, 3.05) is 11.9 Å². The molecule has 0 saturated carbocycles. The number of hydrogen-bond donors (Lipinski definition) is 1. The summed E-state index contributed by atoms with van der Waals surface area (Å²) in [5.74, 6) is 0.730. The predicted molar refractivity (Wildman–Crippen MR) is 125 cm³/mol. The molecule has 8 nitrogen and oxygen atoms in total. The Hall–Kier alpha value is -4.20. The highest BCUT2D eigenvalue weighted by molar-refractivity contribution is 5.92. The maximum Gasteiger partial charge on any atom is 0.264 e. The van der Waals surface area contributed by atoms with Crippen LogP contribution in [0.5, 0.6) is 5.75 Å². The van der Waals surface area contributed by atoms with E-state index in [2.05, 4.69) is 15.5 Å². The van der Waals surface area contributed by atoms with E-state index in [1.54, 1.807) is 32.0 Å². The Kier molecular flexibility index (Phi) is 6.35. The first-order valence-corrected chi connectivity index (χ1v) is 10.6. The van der Waals surface area contributed by atoms with Gasteiger partial charge in [0.1, 0.15) is 17.9 Å². The van der Waals surface area contributed by atoms with E-state index < -0.39 is 0 Å². The quantitative estimate of drug-likeness (QED) is 0.458. The zero-order valence-corrected chi connectivity index (χ0v) is 18.7. The number of anilines is 1. The van der Waals surface area contributed by atoms with Gasteiger partial charge in [-0.15, -0.1) is 0 Å². The minimum Gasteiger partial charge on any atom is -0.492 e. The van der Waals surface area contributed by atoms with Gasteiger partial charge in [0, 0.05) is 11.3 Å². The molecule has 2 aromatic carbocycles. The predicted octanol–water partition coefficient (Wildman–Crippen LogP) is 4.22. The van der Waals surface area contributed by atoms with Crippen LogP contribution < -0.4 is 15.6 Å². The molecule has 1 amide bonds. The normalized spacial score (nSPS) is 10.8. The van der Waals surface area contributed by atoms with Gasteiger partial charge in [0.2, 0.25) is 11.7 Å². The summed E-state index contributed by atoms with van der Waals surface area (Å²) in [7, 11) is 0. The van der Waals surface area contributed by atoms with Crippen LogP contribution in [0.4, 0.5) is 5.69 Å². The minimum atomic E-state index is -0.371. The van der Waals surface area contributed by atoms with Crippen LogP contribution in [0.3, 0.4) is 0 Å². The van der Waals surface area contributed by atoms with Gasteiger partial charge >= 0.3 is 0 Å². The lowest BCUT2D eigenvalue weighted by atomic mass is 10.1. The number of aryl methyl sites for hydroxylation is 2. The van der Waals surface area contributed by atoms with Crippen molar-refractivity contribution in [3.8, 4) is 28.6 Å². The fourth-order valence-corrected chi connectivity index (χ4v) is 3.60. The number of carbonyl (C=O) groups excluding carboxylic acids is 1. The molecule has 0 saturated heterocycles. The van der Waals surface area contributed by atoms with Gasteiger partial charge < -0.3 is 19.1 Å². The van der Waals surface area contributed by atoms with E-state index in [0.29, 0.717) is 35.1 Å². The van der Waals surface area contributed by atoms with Crippen LogP contribution in [0.25, 0.3) is 22.8 Å². The van der Waals surface area contributed by atoms with Crippen LogP contribution in [0.1, 0.15) is 18.2 Å². The Morgan fingerprint density at radius 2 is 1.82 bits per heavy atom. The van der Waals surface area contributed by atoms with Crippen LogP contribution in [-0.2, 0) is 11.3 Å². The first-order valence-electron chi connectivity index (χ1n) is 10.6. The second kappa shape index (κ2) is 9.52. The van der Waals surface area contributed by atoms with Crippen molar-refractivity contribution in [2.24, 2.45) is 0 Å². The summed E-state index contributed by atoms with van der Waals surface area (Å²) in [4.78, 5) is 30.5. The third-order valence-electron chi connectivity index (χ3n) is 5.14. The molecule has 0 aliphatic rings. The Morgan fingerprint density at radius 1 is 1.09 bits per heavy atom. The van der Waals surface area contributed by atoms with E-state index in [1.165, 1.54) is 4.57 Å². The van der Waals surface area contributed by atoms with Crippen LogP contribution in [0, 0.1) is 13.8 Å². The number of aromatic nitrogens is 3. The molecule has 0 atom stereocenters. The minimum absolute atomic E-state index is 0.118. The number of carbonyl (C=O) groups is 1. The average Bonchev–Trinajstić information content (AvgIpc) is 3.28. The average molecular weight is 444 g/mol. The van der Waals surface area contributed by atoms with Gasteiger partial charge in [0.05, 0.1) is 12.3 Å². The number of ether oxygens (including phenoxy) is 1. The molecule has 33 heavy (non-hydrogen) atoms. The second-order valence-electron chi connectivity index (χ2n) is 7.50. The molecule has 0 spiro atoms. The van der Waals surface area contributed by atoms with Crippen molar-refractivity contribution in [3.05, 3.63) is 82.3 Å². The first kappa shape index (κ1) is 22.0. The smallest absolute Gasteiger partial charge is 0.264 e. The lowest BCUT2D eigenvalue weighted by Crippen LogP contribution is -2.30. The van der Waals surface area contributed by atoms with Gasteiger partial charge in [0.15, 0.2) is 0 Å². The maximum absolute atomic E-state index is 13.3. The third-order valence-corrected chi connectivity index (χ3v) is 5.14. The number of amides is 1. The molecule has 0 aliphatic carbocycles. The van der Waals surface area contributed by atoms with E-state index in [-0.39, 0.29) is 29.5 Å². The Bertz CT molecular complexity index is 1340. The molecule has 1 N–H and O–H groups in total. The molecular formula is C25H24N4O4. The zero-order chi connectivity index (χ0) is 23.4. The summed E-state index contributed by atoms with van der Waals surface area (Å²) in [6.07, 6.45) is 0. The summed E-state index contributed by atoms with van der Waals surface area (Å²) < 4.78 is 12.4. The van der Waals surface area contributed by atoms with Crippen LogP contribution >= 0.6 is 0 Å². The molecule has 0 aliphatic heterocycles. The van der Waals surface area contributed by atoms with Gasteiger partial charge in [0.25, 0.3) is 11.4 Å². The standard InChI is InChI=1S/C25H24N4O4/c1-4-32-20-13-9-8-12-19(20)26-21(30)15-29-17(3)14-16(2)22(25(29)31)24-27-23(28-33-24)18-10-6-5-7-11-18/h5-14H,4,15H2,1-3H3,(H,26,30). The lowest BCUT2D eigenvalue weighted by Gasteiger charge is -2.14. The third kappa shape index (κ3) is 4.69. The number of pyridine rings is 1. The van der Waals surface area contributed by atoms with Gasteiger partial charge in [-0.05, 0) is 44.5 Å². The number of hydrogen-bond acceptors (Lipinski definition) is 6. The Morgan fingerprint density at radius 3 is 2.58 bits per heavy atom. The molecule has 2 heterocycles. The summed E-state index contributed by atoms with van der Waals surface area (Å²) >= 11 is 0. The maximum atomic E-state index is 13.3. The summed E-state index contributed by atoms with van der Waals surface area (Å²) in [6, 6.07) is 18.3. The number of benzene rings is 2. The van der Waals surface area contributed by atoms with E-state index in [0.717, 1.165) is 5.56 Å². The van der Waals surface area contributed by atoms with Crippen molar-refractivity contribution in [1.82, 2.24) is 14.7 Å². The van der Waals surface area contributed by atoms with Gasteiger partial charge in [-0.3, -0.25) is 9.59 Å². The lowest BCUT2D eigenvalue weighted by molar-refractivity contribution is -0.116. The molecule has 168 valence electrons. The van der Waals surface area contributed by atoms with Crippen molar-refractivity contribution in [1.29, 1.82) is 0 Å². The number of para-hydroxylation sites is 2. The molecule has 4 aromatic rings. The van der Waals surface area contributed by atoms with E-state index in [1.807, 2.05) is 49.4 Å². The summed E-state index contributed by atoms with van der Waals surface area (Å²) in [5, 5.41) is 6.84. The summed E-state index contributed by atoms with van der Waals surface area (Å²) in [6.45, 7) is 5.76. The fourth-order valence-electron chi connectivity index (χ4n) is 3.60. The van der Waals surface area contributed by atoms with E-state index >= 15 is 0 Å². The first-order chi connectivity index (χ1) is 16.0. The monoisotopic (exact) mass is 444 g/mol. The number of rotatable bonds is 7. The van der Waals surface area contributed by atoms with Crippen LogP contribution in [0.2, 0.25) is 0 Å². The van der Waals surface area contributed by atoms with Gasteiger partial charge in [-0.2, -0.15) is 4.98 Å². The molecule has 0 radical (unpaired) electrons. The number of nitrogens with one attached hydrogen (secondary N) is 1. The zero-order valence-electron chi connectivity index (χ0n) is 18.7. The highest BCUT2D eigenvalue weighted by atomic mass is 16.5. The van der Waals surface area contributed by atoms with Gasteiger partial charge in [-0.1, -0.05) is 47.6 Å². The SMILES string of the molecule is CCOc1ccccc1NC(=O)Cn1c(C)cc(C)c(-c2nc(-c3ccccc3)no2)c1=O. The van der Waals surface area contributed by atoms with Crippen molar-refractivity contribution in [2.45, 2.75) is 27.3 Å². The topological polar surface area (TPSA) is 99.2 Å². The van der Waals surface area contributed by atoms with E-state index in [9.17, 15) is 9.59 Å². The van der Waals surface area contributed by atoms with Crippen molar-refractivity contribution >= 4 is 11.6 Å². The molecule has 2 aromatic heterocycles. The van der Waals surface area contributed by atoms with Gasteiger partial charge in [-0.25, -0.2) is 0 Å². The Labute approximate surface area is 190 Å².